The zero-order chi connectivity index (χ0) is 23.3. The number of carbonyl (C=O) groups excluding carboxylic acids is 1. The summed E-state index contributed by atoms with van der Waals surface area (Å²) >= 11 is 0.795. The fourth-order valence-electron chi connectivity index (χ4n) is 2.79. The molecule has 0 spiro atoms. The number of amides is 1. The minimum Gasteiger partial charge on any atom is -0.497 e. The van der Waals surface area contributed by atoms with E-state index in [4.69, 9.17) is 9.47 Å². The highest BCUT2D eigenvalue weighted by atomic mass is 32.2. The first kappa shape index (κ1) is 23.5. The van der Waals surface area contributed by atoms with Gasteiger partial charge in [-0.15, -0.1) is 10.2 Å². The molecule has 0 bridgehead atoms. The maximum Gasteiger partial charge on any atom is 0.293 e. The van der Waals surface area contributed by atoms with Crippen LogP contribution in [0.4, 0.5) is 10.8 Å². The Hall–Kier alpha value is -3.18. The van der Waals surface area contributed by atoms with Gasteiger partial charge in [0.05, 0.1) is 19.9 Å². The summed E-state index contributed by atoms with van der Waals surface area (Å²) in [7, 11) is -0.911. The van der Waals surface area contributed by atoms with Crippen molar-refractivity contribution in [1.29, 1.82) is 0 Å². The van der Waals surface area contributed by atoms with Crippen molar-refractivity contribution >= 4 is 38.1 Å². The van der Waals surface area contributed by atoms with Gasteiger partial charge in [-0.1, -0.05) is 25.2 Å². The number of hydrogen-bond acceptors (Lipinski definition) is 8. The number of nitrogens with one attached hydrogen (secondary N) is 1. The number of hydrogen-bond donors (Lipinski definition) is 1. The molecule has 9 nitrogen and oxygen atoms in total. The van der Waals surface area contributed by atoms with Crippen LogP contribution in [0.3, 0.4) is 0 Å². The Balaban J connectivity index is 1.83. The Bertz CT molecular complexity index is 1160. The molecular formula is C21H24N4O5S2. The standard InChI is InChI=1S/C21H24N4O5S2/c1-14(2)13-25(16-7-11-18(30-4)12-8-16)32(27,28)21-24-23-20(31-21)22-19(26)15-5-9-17(29-3)10-6-15/h5-12,14H,13H2,1-4H3,(H,22,23,26). The van der Waals surface area contributed by atoms with E-state index in [-0.39, 0.29) is 21.9 Å². The summed E-state index contributed by atoms with van der Waals surface area (Å²) < 4.78 is 38.0. The zero-order valence-electron chi connectivity index (χ0n) is 18.1. The molecule has 1 heterocycles. The molecule has 11 heteroatoms. The lowest BCUT2D eigenvalue weighted by atomic mass is 10.2. The normalized spacial score (nSPS) is 11.3. The molecule has 0 aliphatic rings. The van der Waals surface area contributed by atoms with Crippen LogP contribution < -0.4 is 19.1 Å². The molecule has 1 amide bonds. The van der Waals surface area contributed by atoms with Gasteiger partial charge in [0.2, 0.25) is 5.13 Å². The number of ether oxygens (including phenoxy) is 2. The molecule has 0 unspecified atom stereocenters. The Morgan fingerprint density at radius 3 is 2.09 bits per heavy atom. The number of rotatable bonds is 9. The summed E-state index contributed by atoms with van der Waals surface area (Å²) in [5.74, 6) is 0.876. The number of methoxy groups -OCH3 is 2. The molecule has 0 fully saturated rings. The lowest BCUT2D eigenvalue weighted by Crippen LogP contribution is -2.34. The van der Waals surface area contributed by atoms with Gasteiger partial charge in [0.15, 0.2) is 0 Å². The highest BCUT2D eigenvalue weighted by molar-refractivity contribution is 7.94. The summed E-state index contributed by atoms with van der Waals surface area (Å²) in [5.41, 5.74) is 0.864. The predicted octanol–water partition coefficient (Wildman–Crippen LogP) is 3.66. The van der Waals surface area contributed by atoms with Gasteiger partial charge in [0, 0.05) is 12.1 Å². The minimum atomic E-state index is -3.99. The van der Waals surface area contributed by atoms with Gasteiger partial charge in [0.25, 0.3) is 20.3 Å². The fourth-order valence-corrected chi connectivity index (χ4v) is 5.42. The van der Waals surface area contributed by atoms with Gasteiger partial charge in [-0.3, -0.25) is 14.4 Å². The zero-order valence-corrected chi connectivity index (χ0v) is 19.7. The second-order valence-corrected chi connectivity index (χ2v) is 10.2. The molecule has 0 saturated carbocycles. The quantitative estimate of drug-likeness (QED) is 0.469. The van der Waals surface area contributed by atoms with Crippen LogP contribution in [0.1, 0.15) is 24.2 Å². The monoisotopic (exact) mass is 476 g/mol. The first-order valence-corrected chi connectivity index (χ1v) is 12.0. The van der Waals surface area contributed by atoms with E-state index in [2.05, 4.69) is 15.5 Å². The van der Waals surface area contributed by atoms with E-state index >= 15 is 0 Å². The van der Waals surface area contributed by atoms with Gasteiger partial charge >= 0.3 is 0 Å². The maximum atomic E-state index is 13.3. The fraction of sp³-hybridized carbons (Fsp3) is 0.286. The van der Waals surface area contributed by atoms with Crippen LogP contribution >= 0.6 is 11.3 Å². The second-order valence-electron chi connectivity index (χ2n) is 7.18. The van der Waals surface area contributed by atoms with Gasteiger partial charge < -0.3 is 9.47 Å². The molecule has 32 heavy (non-hydrogen) atoms. The average Bonchev–Trinajstić information content (AvgIpc) is 3.27. The molecule has 2 aromatic carbocycles. The second kappa shape index (κ2) is 9.96. The van der Waals surface area contributed by atoms with E-state index < -0.39 is 15.9 Å². The summed E-state index contributed by atoms with van der Waals surface area (Å²) in [6, 6.07) is 13.2. The van der Waals surface area contributed by atoms with Crippen molar-refractivity contribution in [3.63, 3.8) is 0 Å². The number of benzene rings is 2. The Kier molecular flexibility index (Phi) is 7.31. The molecule has 0 aliphatic heterocycles. The number of aromatic nitrogens is 2. The van der Waals surface area contributed by atoms with Gasteiger partial charge in [-0.05, 0) is 54.4 Å². The van der Waals surface area contributed by atoms with Crippen LogP contribution in [0.5, 0.6) is 11.5 Å². The van der Waals surface area contributed by atoms with Crippen molar-refractivity contribution in [1.82, 2.24) is 10.2 Å². The van der Waals surface area contributed by atoms with E-state index in [1.807, 2.05) is 13.8 Å². The van der Waals surface area contributed by atoms with Gasteiger partial charge in [0.1, 0.15) is 11.5 Å². The Morgan fingerprint density at radius 2 is 1.56 bits per heavy atom. The SMILES string of the molecule is COc1ccc(C(=O)Nc2nnc(S(=O)(=O)N(CC(C)C)c3ccc(OC)cc3)s2)cc1. The van der Waals surface area contributed by atoms with Crippen molar-refractivity contribution in [2.45, 2.75) is 18.2 Å². The lowest BCUT2D eigenvalue weighted by molar-refractivity contribution is 0.102. The Labute approximate surface area is 191 Å². The summed E-state index contributed by atoms with van der Waals surface area (Å²) in [6.07, 6.45) is 0. The van der Waals surface area contributed by atoms with Crippen LogP contribution in [-0.2, 0) is 10.0 Å². The third kappa shape index (κ3) is 5.35. The largest absolute Gasteiger partial charge is 0.497 e. The van der Waals surface area contributed by atoms with Gasteiger partial charge in [-0.25, -0.2) is 0 Å². The van der Waals surface area contributed by atoms with Crippen LogP contribution in [0.15, 0.2) is 52.9 Å². The van der Waals surface area contributed by atoms with Crippen LogP contribution in [-0.4, -0.2) is 45.3 Å². The molecule has 0 saturated heterocycles. The highest BCUT2D eigenvalue weighted by Crippen LogP contribution is 2.29. The smallest absolute Gasteiger partial charge is 0.293 e. The lowest BCUT2D eigenvalue weighted by Gasteiger charge is -2.24. The number of anilines is 2. The molecule has 0 radical (unpaired) electrons. The molecule has 3 aromatic rings. The molecule has 0 aliphatic carbocycles. The summed E-state index contributed by atoms with van der Waals surface area (Å²) in [4.78, 5) is 12.4. The van der Waals surface area contributed by atoms with Crippen molar-refractivity contribution in [3.05, 3.63) is 54.1 Å². The highest BCUT2D eigenvalue weighted by Gasteiger charge is 2.30. The number of nitrogens with zero attached hydrogens (tertiary/aromatic N) is 3. The van der Waals surface area contributed by atoms with Crippen LogP contribution in [0.2, 0.25) is 0 Å². The summed E-state index contributed by atoms with van der Waals surface area (Å²) in [5, 5.41) is 10.4. The van der Waals surface area contributed by atoms with E-state index in [1.54, 1.807) is 55.6 Å². The molecule has 0 atom stereocenters. The average molecular weight is 477 g/mol. The van der Waals surface area contributed by atoms with Crippen molar-refractivity contribution in [2.75, 3.05) is 30.4 Å². The topological polar surface area (TPSA) is 111 Å². The van der Waals surface area contributed by atoms with Crippen molar-refractivity contribution < 1.29 is 22.7 Å². The van der Waals surface area contributed by atoms with E-state index in [0.29, 0.717) is 22.7 Å². The molecule has 1 aromatic heterocycles. The van der Waals surface area contributed by atoms with Crippen molar-refractivity contribution in [2.24, 2.45) is 5.92 Å². The van der Waals surface area contributed by atoms with Crippen LogP contribution in [0, 0.1) is 5.92 Å². The first-order valence-electron chi connectivity index (χ1n) is 9.70. The molecule has 3 rings (SSSR count). The maximum absolute atomic E-state index is 13.3. The summed E-state index contributed by atoms with van der Waals surface area (Å²) in [6.45, 7) is 4.10. The Morgan fingerprint density at radius 1 is 1.00 bits per heavy atom. The predicted molar refractivity (Wildman–Crippen MR) is 123 cm³/mol. The van der Waals surface area contributed by atoms with E-state index in [0.717, 1.165) is 11.3 Å². The van der Waals surface area contributed by atoms with Crippen LogP contribution in [0.25, 0.3) is 0 Å². The third-order valence-electron chi connectivity index (χ3n) is 4.38. The molecule has 1 N–H and O–H groups in total. The number of sulfonamides is 1. The first-order chi connectivity index (χ1) is 15.2. The molecular weight excluding hydrogens is 452 g/mol. The van der Waals surface area contributed by atoms with E-state index in [1.165, 1.54) is 11.4 Å². The molecule has 170 valence electrons. The van der Waals surface area contributed by atoms with Gasteiger partial charge in [-0.2, -0.15) is 8.42 Å². The minimum absolute atomic E-state index is 0.0639. The van der Waals surface area contributed by atoms with E-state index in [9.17, 15) is 13.2 Å². The number of carbonyl (C=O) groups is 1. The van der Waals surface area contributed by atoms with Crippen molar-refractivity contribution in [3.8, 4) is 11.5 Å². The third-order valence-corrected chi connectivity index (χ3v) is 7.36.